The third kappa shape index (κ3) is 3.68. The van der Waals surface area contributed by atoms with E-state index in [1.54, 1.807) is 11.0 Å². The van der Waals surface area contributed by atoms with Crippen LogP contribution in [0.1, 0.15) is 34.3 Å². The second-order valence-electron chi connectivity index (χ2n) is 8.03. The number of piperazine rings is 1. The molecule has 31 heavy (non-hydrogen) atoms. The van der Waals surface area contributed by atoms with Gasteiger partial charge < -0.3 is 10.1 Å². The maximum atomic E-state index is 13.2. The second kappa shape index (κ2) is 8.33. The maximum absolute atomic E-state index is 13.2. The topological polar surface area (TPSA) is 54.5 Å². The molecule has 5 nitrogen and oxygen atoms in total. The van der Waals surface area contributed by atoms with Crippen molar-refractivity contribution in [1.82, 2.24) is 15.2 Å². The molecule has 1 amide bonds. The number of ether oxygens (including phenoxy) is 1. The van der Waals surface area contributed by atoms with Crippen LogP contribution >= 0.6 is 11.6 Å². The Labute approximate surface area is 187 Å². The third-order valence-corrected chi connectivity index (χ3v) is 6.48. The van der Waals surface area contributed by atoms with E-state index in [1.807, 2.05) is 25.1 Å². The van der Waals surface area contributed by atoms with E-state index in [2.05, 4.69) is 46.7 Å². The van der Waals surface area contributed by atoms with Gasteiger partial charge in [-0.1, -0.05) is 66.2 Å². The summed E-state index contributed by atoms with van der Waals surface area (Å²) in [5, 5.41) is 3.83. The average Bonchev–Trinajstić information content (AvgIpc) is 3.11. The van der Waals surface area contributed by atoms with Crippen LogP contribution in [-0.2, 0) is 4.74 Å². The smallest absolute Gasteiger partial charge is 0.410 e. The Morgan fingerprint density at radius 2 is 1.74 bits per heavy atom. The number of hydrogen-bond acceptors (Lipinski definition) is 4. The predicted octanol–water partition coefficient (Wildman–Crippen LogP) is 4.94. The minimum atomic E-state index is -0.289. The average molecular weight is 434 g/mol. The van der Waals surface area contributed by atoms with Gasteiger partial charge in [-0.3, -0.25) is 4.90 Å². The quantitative estimate of drug-likeness (QED) is 0.594. The van der Waals surface area contributed by atoms with Crippen molar-refractivity contribution in [3.05, 3.63) is 88.2 Å². The molecule has 6 heteroatoms. The Morgan fingerprint density at radius 1 is 1.06 bits per heavy atom. The Balaban J connectivity index is 1.36. The SMILES string of the molecule is Cc1nc(Cl)ccc1C1CNCCN1C(=O)OCC1c2ccccc2-c2ccccc21. The van der Waals surface area contributed by atoms with Crippen LogP contribution in [0.5, 0.6) is 0 Å². The fourth-order valence-electron chi connectivity index (χ4n) is 4.77. The van der Waals surface area contributed by atoms with Crippen LogP contribution in [0.2, 0.25) is 5.15 Å². The molecule has 0 spiro atoms. The molecule has 1 aliphatic carbocycles. The van der Waals surface area contributed by atoms with Gasteiger partial charge in [0.25, 0.3) is 0 Å². The summed E-state index contributed by atoms with van der Waals surface area (Å²) in [7, 11) is 0. The van der Waals surface area contributed by atoms with Gasteiger partial charge in [-0.15, -0.1) is 0 Å². The first-order chi connectivity index (χ1) is 15.1. The van der Waals surface area contributed by atoms with Gasteiger partial charge >= 0.3 is 6.09 Å². The number of benzene rings is 2. The third-order valence-electron chi connectivity index (χ3n) is 6.27. The molecule has 158 valence electrons. The van der Waals surface area contributed by atoms with Gasteiger partial charge in [0.2, 0.25) is 0 Å². The van der Waals surface area contributed by atoms with Crippen LogP contribution in [0.25, 0.3) is 11.1 Å². The molecular weight excluding hydrogens is 410 g/mol. The lowest BCUT2D eigenvalue weighted by Gasteiger charge is -2.36. The van der Waals surface area contributed by atoms with Crippen molar-refractivity contribution < 1.29 is 9.53 Å². The van der Waals surface area contributed by atoms with Crippen molar-refractivity contribution in [2.24, 2.45) is 0 Å². The van der Waals surface area contributed by atoms with Crippen LogP contribution in [0.4, 0.5) is 4.79 Å². The number of carbonyl (C=O) groups excluding carboxylic acids is 1. The van der Waals surface area contributed by atoms with Gasteiger partial charge in [0, 0.05) is 31.2 Å². The molecule has 1 atom stereocenters. The zero-order valence-electron chi connectivity index (χ0n) is 17.3. The lowest BCUT2D eigenvalue weighted by atomic mass is 9.98. The van der Waals surface area contributed by atoms with Crippen molar-refractivity contribution in [1.29, 1.82) is 0 Å². The molecule has 2 heterocycles. The Bertz CT molecular complexity index is 1090. The highest BCUT2D eigenvalue weighted by Gasteiger charge is 2.33. The zero-order chi connectivity index (χ0) is 21.4. The Morgan fingerprint density at radius 3 is 2.42 bits per heavy atom. The van der Waals surface area contributed by atoms with Crippen LogP contribution < -0.4 is 5.32 Å². The summed E-state index contributed by atoms with van der Waals surface area (Å²) in [5.74, 6) is 0.0525. The highest BCUT2D eigenvalue weighted by molar-refractivity contribution is 6.29. The van der Waals surface area contributed by atoms with Crippen LogP contribution in [0.15, 0.2) is 60.7 Å². The number of halogens is 1. The molecule has 1 aliphatic heterocycles. The molecule has 0 bridgehead atoms. The minimum absolute atomic E-state index is 0.0525. The molecule has 1 fully saturated rings. The highest BCUT2D eigenvalue weighted by Crippen LogP contribution is 2.44. The molecule has 2 aromatic carbocycles. The largest absolute Gasteiger partial charge is 0.448 e. The number of aryl methyl sites for hydroxylation is 1. The number of aromatic nitrogens is 1. The van der Waals surface area contributed by atoms with Gasteiger partial charge in [-0.2, -0.15) is 0 Å². The van der Waals surface area contributed by atoms with Gasteiger partial charge in [0.1, 0.15) is 11.8 Å². The summed E-state index contributed by atoms with van der Waals surface area (Å²) in [6.07, 6.45) is -0.289. The van der Waals surface area contributed by atoms with Crippen molar-refractivity contribution in [2.45, 2.75) is 18.9 Å². The molecule has 2 aliphatic rings. The Kier molecular flexibility index (Phi) is 5.38. The molecule has 0 saturated carbocycles. The fraction of sp³-hybridized carbons (Fsp3) is 0.280. The highest BCUT2D eigenvalue weighted by atomic mass is 35.5. The Hall–Kier alpha value is -2.89. The summed E-state index contributed by atoms with van der Waals surface area (Å²) in [5.41, 5.74) is 6.70. The lowest BCUT2D eigenvalue weighted by Crippen LogP contribution is -2.49. The first kappa shape index (κ1) is 20.0. The number of carbonyl (C=O) groups is 1. The molecule has 0 radical (unpaired) electrons. The fourth-order valence-corrected chi connectivity index (χ4v) is 4.96. The summed E-state index contributed by atoms with van der Waals surface area (Å²) in [4.78, 5) is 19.3. The molecule has 1 saturated heterocycles. The van der Waals surface area contributed by atoms with Crippen LogP contribution in [0, 0.1) is 6.92 Å². The first-order valence-corrected chi connectivity index (χ1v) is 11.0. The monoisotopic (exact) mass is 433 g/mol. The second-order valence-corrected chi connectivity index (χ2v) is 8.41. The van der Waals surface area contributed by atoms with E-state index in [9.17, 15) is 4.79 Å². The van der Waals surface area contributed by atoms with E-state index in [-0.39, 0.29) is 18.1 Å². The number of pyridine rings is 1. The van der Waals surface area contributed by atoms with Gasteiger partial charge in [0.15, 0.2) is 0 Å². The normalized spacial score (nSPS) is 17.9. The van der Waals surface area contributed by atoms with Crippen molar-refractivity contribution in [3.8, 4) is 11.1 Å². The van der Waals surface area contributed by atoms with Crippen molar-refractivity contribution >= 4 is 17.7 Å². The number of amides is 1. The van der Waals surface area contributed by atoms with E-state index in [1.165, 1.54) is 22.3 Å². The van der Waals surface area contributed by atoms with Gasteiger partial charge in [-0.25, -0.2) is 9.78 Å². The van der Waals surface area contributed by atoms with E-state index in [0.717, 1.165) is 17.8 Å². The molecule has 3 aromatic rings. The molecular formula is C25H24ClN3O2. The number of hydrogen-bond donors (Lipinski definition) is 1. The van der Waals surface area contributed by atoms with Crippen LogP contribution in [0.3, 0.4) is 0 Å². The minimum Gasteiger partial charge on any atom is -0.448 e. The van der Waals surface area contributed by atoms with Crippen molar-refractivity contribution in [3.63, 3.8) is 0 Å². The van der Waals surface area contributed by atoms with Gasteiger partial charge in [-0.05, 0) is 40.8 Å². The molecule has 5 rings (SSSR count). The number of fused-ring (bicyclic) bond motifs is 3. The standard InChI is InChI=1S/C25H24ClN3O2/c1-16-17(10-11-24(26)28-16)23-14-27-12-13-29(23)25(30)31-15-22-20-8-4-2-6-18(20)19-7-3-5-9-21(19)22/h2-11,22-23,27H,12-15H2,1H3. The van der Waals surface area contributed by atoms with E-state index in [0.29, 0.717) is 24.8 Å². The van der Waals surface area contributed by atoms with Crippen LogP contribution in [-0.4, -0.2) is 42.2 Å². The summed E-state index contributed by atoms with van der Waals surface area (Å²) in [6, 6.07) is 20.3. The zero-order valence-corrected chi connectivity index (χ0v) is 18.1. The summed E-state index contributed by atoms with van der Waals surface area (Å²) >= 11 is 6.03. The number of rotatable bonds is 3. The molecule has 1 aromatic heterocycles. The maximum Gasteiger partial charge on any atom is 0.410 e. The van der Waals surface area contributed by atoms with E-state index >= 15 is 0 Å². The van der Waals surface area contributed by atoms with Gasteiger partial charge in [0.05, 0.1) is 6.04 Å². The summed E-state index contributed by atoms with van der Waals surface area (Å²) in [6.45, 7) is 4.23. The number of nitrogens with zero attached hydrogens (tertiary/aromatic N) is 2. The lowest BCUT2D eigenvalue weighted by molar-refractivity contribution is 0.0750. The van der Waals surface area contributed by atoms with Crippen molar-refractivity contribution in [2.75, 3.05) is 26.2 Å². The molecule has 1 unspecified atom stereocenters. The summed E-state index contributed by atoms with van der Waals surface area (Å²) < 4.78 is 5.91. The predicted molar refractivity (Wildman–Crippen MR) is 121 cm³/mol. The number of nitrogens with one attached hydrogen (secondary N) is 1. The van der Waals surface area contributed by atoms with E-state index in [4.69, 9.17) is 16.3 Å². The molecule has 1 N–H and O–H groups in total. The first-order valence-electron chi connectivity index (χ1n) is 10.6. The van der Waals surface area contributed by atoms with E-state index < -0.39 is 0 Å².